The first-order chi connectivity index (χ1) is 22.2. The van der Waals surface area contributed by atoms with Crippen LogP contribution in [-0.2, 0) is 38.5 Å². The van der Waals surface area contributed by atoms with Crippen molar-refractivity contribution in [3.8, 4) is 0 Å². The number of aromatic nitrogens is 2. The molecule has 5 aromatic rings. The number of ether oxygens (including phenoxy) is 1. The van der Waals surface area contributed by atoms with Crippen LogP contribution >= 0.6 is 0 Å². The van der Waals surface area contributed by atoms with Gasteiger partial charge >= 0.3 is 63.3 Å². The van der Waals surface area contributed by atoms with E-state index < -0.39 is 27.7 Å². The second-order valence-electron chi connectivity index (χ2n) is 12.2. The van der Waals surface area contributed by atoms with Crippen LogP contribution in [0.1, 0.15) is 74.4 Å². The van der Waals surface area contributed by atoms with Crippen molar-refractivity contribution in [1.82, 2.24) is 9.13 Å². The molecule has 0 atom stereocenters. The fourth-order valence-electron chi connectivity index (χ4n) is 5.33. The van der Waals surface area contributed by atoms with Gasteiger partial charge in [-0.05, 0) is 62.6 Å². The van der Waals surface area contributed by atoms with Gasteiger partial charge < -0.3 is 24.1 Å². The van der Waals surface area contributed by atoms with E-state index in [4.69, 9.17) is 14.0 Å². The van der Waals surface area contributed by atoms with E-state index in [2.05, 4.69) is 10.6 Å². The number of rotatable bonds is 8. The van der Waals surface area contributed by atoms with Crippen LogP contribution < -0.4 is 56.5 Å². The Balaban J connectivity index is 0.000000459. The second-order valence-corrected chi connectivity index (χ2v) is 13.9. The number of fused-ring (bicyclic) bond motifs is 4. The van der Waals surface area contributed by atoms with Crippen LogP contribution in [0.15, 0.2) is 83.9 Å². The van der Waals surface area contributed by atoms with Crippen LogP contribution in [0.3, 0.4) is 0 Å². The van der Waals surface area contributed by atoms with E-state index in [-0.39, 0.29) is 71.7 Å². The van der Waals surface area contributed by atoms with Gasteiger partial charge in [0, 0.05) is 37.2 Å². The third-order valence-electron chi connectivity index (χ3n) is 7.34. The molecule has 3 heterocycles. The van der Waals surface area contributed by atoms with Crippen molar-refractivity contribution >= 4 is 43.9 Å². The molecule has 0 bridgehead atoms. The third-order valence-corrected chi connectivity index (χ3v) is 8.66. The monoisotopic (exact) mass is 719 g/mol. The van der Waals surface area contributed by atoms with Gasteiger partial charge in [0.2, 0.25) is 0 Å². The SMILES string of the molecule is C.CC(C)(C)[O-].COC(=O)c1cccc2ccn(CCCOS(=O)(=O)c3ccc(C)cc3)c12.O=C(O)c1cccc2cc3n(c12)CCC3.[2HH].[K+]. The number of carbonyl (C=O) groups excluding carboxylic acids is 1. The Hall–Kier alpha value is -2.81. The number of hydrogen-bond acceptors (Lipinski definition) is 7. The summed E-state index contributed by atoms with van der Waals surface area (Å²) in [4.78, 5) is 23.2. The zero-order valence-electron chi connectivity index (χ0n) is 28.4. The van der Waals surface area contributed by atoms with Crippen LogP contribution in [0.2, 0.25) is 0 Å². The van der Waals surface area contributed by atoms with Crippen LogP contribution in [0, 0.1) is 6.92 Å². The molecule has 0 aliphatic carbocycles. The normalized spacial score (nSPS) is 12.0. The molecular weight excluding hydrogens is 672 g/mol. The molecule has 1 N–H and O–H groups in total. The van der Waals surface area contributed by atoms with Crippen LogP contribution in [0.4, 0.5) is 0 Å². The molecule has 1 aliphatic rings. The van der Waals surface area contributed by atoms with Gasteiger partial charge in [-0.1, -0.05) is 70.2 Å². The average Bonchev–Trinajstić information content (AvgIpc) is 3.73. The molecule has 1 aliphatic heterocycles. The van der Waals surface area contributed by atoms with Crippen molar-refractivity contribution in [2.75, 3.05) is 13.7 Å². The van der Waals surface area contributed by atoms with E-state index >= 15 is 0 Å². The number of para-hydroxylation sites is 2. The molecule has 260 valence electrons. The molecule has 0 fully saturated rings. The Labute approximate surface area is 333 Å². The van der Waals surface area contributed by atoms with Gasteiger partial charge in [0.1, 0.15) is 0 Å². The molecule has 3 aromatic carbocycles. The summed E-state index contributed by atoms with van der Waals surface area (Å²) in [5.74, 6) is -1.24. The molecule has 0 amide bonds. The molecule has 0 saturated heterocycles. The van der Waals surface area contributed by atoms with Gasteiger partial charge in [-0.2, -0.15) is 8.42 Å². The van der Waals surface area contributed by atoms with Crippen LogP contribution in [0.5, 0.6) is 0 Å². The quantitative estimate of drug-likeness (QED) is 0.111. The average molecular weight is 720 g/mol. The topological polar surface area (TPSA) is 140 Å². The number of carbonyl (C=O) groups is 2. The molecule has 2 aromatic heterocycles. The Bertz CT molecular complexity index is 1970. The minimum Gasteiger partial charge on any atom is -0.850 e. The Kier molecular flexibility index (Phi) is 15.9. The summed E-state index contributed by atoms with van der Waals surface area (Å²) in [6.45, 7) is 8.30. The van der Waals surface area contributed by atoms with Crippen molar-refractivity contribution < 1.29 is 90.0 Å². The number of esters is 1. The predicted molar refractivity (Wildman–Crippen MR) is 188 cm³/mol. The van der Waals surface area contributed by atoms with E-state index in [9.17, 15) is 23.1 Å². The minimum atomic E-state index is -3.77. The maximum absolute atomic E-state index is 12.2. The number of carboxylic acid groups (broad SMARTS) is 1. The van der Waals surface area contributed by atoms with Crippen molar-refractivity contribution in [2.45, 2.75) is 78.0 Å². The van der Waals surface area contributed by atoms with E-state index in [1.54, 1.807) is 51.1 Å². The third kappa shape index (κ3) is 11.3. The van der Waals surface area contributed by atoms with Crippen molar-refractivity contribution in [1.29, 1.82) is 0 Å². The first-order valence-electron chi connectivity index (χ1n) is 15.4. The standard InChI is InChI=1S/C20H21NO5S.C12H11NO2.C4H9O.CH4.K.H2/c1-15-7-9-17(10-8-15)27(23,24)26-14-4-12-21-13-11-16-5-3-6-18(19(16)21)20(22)25-2;14-12(15)10-5-1-3-8-7-9-4-2-6-13(9)11(8)10;1-4(2,3)5;;;/h3,5-11,13H,4,12,14H2,1-2H3;1,3,5,7H,2,4,6H2,(H,14,15);1-3H3;1H4;;1H/q;;-1;;+1;/i;;;;;1+1. The minimum absolute atomic E-state index is 0. The summed E-state index contributed by atoms with van der Waals surface area (Å²) in [7, 11) is -2.42. The summed E-state index contributed by atoms with van der Waals surface area (Å²) in [6.07, 6.45) is 4.53. The fraction of sp³-hybridized carbons (Fsp3) is 0.351. The number of carboxylic acids is 1. The summed E-state index contributed by atoms with van der Waals surface area (Å²) in [5, 5.41) is 21.2. The molecule has 12 heteroatoms. The van der Waals surface area contributed by atoms with Crippen LogP contribution in [-0.4, -0.2) is 53.9 Å². The van der Waals surface area contributed by atoms with Crippen molar-refractivity contribution in [2.24, 2.45) is 0 Å². The number of aryl methyl sites for hydroxylation is 4. The summed E-state index contributed by atoms with van der Waals surface area (Å²) < 4.78 is 38.4. The Morgan fingerprint density at radius 1 is 0.959 bits per heavy atom. The van der Waals surface area contributed by atoms with E-state index in [1.165, 1.54) is 24.9 Å². The predicted octanol–water partition coefficient (Wildman–Crippen LogP) is 3.85. The van der Waals surface area contributed by atoms with Gasteiger partial charge in [0.15, 0.2) is 0 Å². The Morgan fingerprint density at radius 2 is 1.57 bits per heavy atom. The number of hydrogen-bond donors (Lipinski definition) is 1. The second kappa shape index (κ2) is 18.4. The summed E-state index contributed by atoms with van der Waals surface area (Å²) >= 11 is 0. The summed E-state index contributed by atoms with van der Waals surface area (Å²) in [5.41, 5.74) is 4.05. The number of benzene rings is 3. The van der Waals surface area contributed by atoms with Crippen LogP contribution in [0.25, 0.3) is 21.8 Å². The van der Waals surface area contributed by atoms with Gasteiger partial charge in [0.25, 0.3) is 10.1 Å². The van der Waals surface area contributed by atoms with E-state index in [1.807, 2.05) is 42.0 Å². The molecule has 0 unspecified atom stereocenters. The molecule has 6 rings (SSSR count). The molecular formula is C37H47KN2O8S. The number of methoxy groups -OCH3 is 1. The first kappa shape index (κ1) is 42.4. The zero-order chi connectivity index (χ0) is 34.4. The van der Waals surface area contributed by atoms with Gasteiger partial charge in [-0.15, -0.1) is 5.60 Å². The number of nitrogens with zero attached hydrogens (tertiary/aromatic N) is 2. The van der Waals surface area contributed by atoms with E-state index in [0.717, 1.165) is 46.8 Å². The van der Waals surface area contributed by atoms with Gasteiger partial charge in [-0.3, -0.25) is 4.18 Å². The van der Waals surface area contributed by atoms with Gasteiger partial charge in [0.05, 0.1) is 40.8 Å². The van der Waals surface area contributed by atoms with E-state index in [0.29, 0.717) is 24.1 Å². The molecule has 10 nitrogen and oxygen atoms in total. The van der Waals surface area contributed by atoms with Crippen molar-refractivity contribution in [3.05, 3.63) is 101 Å². The smallest absolute Gasteiger partial charge is 0.850 e. The molecule has 0 spiro atoms. The largest absolute Gasteiger partial charge is 1.00 e. The first-order valence-corrected chi connectivity index (χ1v) is 16.8. The number of aromatic carboxylic acids is 1. The summed E-state index contributed by atoms with van der Waals surface area (Å²) in [6, 6.07) is 21.4. The zero-order valence-corrected chi connectivity index (χ0v) is 32.3. The maximum Gasteiger partial charge on any atom is 1.00 e. The van der Waals surface area contributed by atoms with Gasteiger partial charge in [-0.25, -0.2) is 9.59 Å². The Morgan fingerprint density at radius 3 is 2.18 bits per heavy atom. The molecule has 0 radical (unpaired) electrons. The molecule has 0 saturated carbocycles. The maximum atomic E-state index is 12.2. The fourth-order valence-corrected chi connectivity index (χ4v) is 6.28. The molecule has 49 heavy (non-hydrogen) atoms. The van der Waals surface area contributed by atoms with Crippen molar-refractivity contribution in [3.63, 3.8) is 0 Å².